The van der Waals surface area contributed by atoms with E-state index in [0.29, 0.717) is 29.4 Å². The van der Waals surface area contributed by atoms with E-state index in [2.05, 4.69) is 54.7 Å². The van der Waals surface area contributed by atoms with E-state index in [0.717, 1.165) is 31.4 Å². The topological polar surface area (TPSA) is 46.6 Å². The van der Waals surface area contributed by atoms with E-state index in [9.17, 15) is 9.59 Å². The molecule has 1 saturated heterocycles. The van der Waals surface area contributed by atoms with E-state index < -0.39 is 5.97 Å². The van der Waals surface area contributed by atoms with Crippen molar-refractivity contribution in [1.82, 2.24) is 4.31 Å². The van der Waals surface area contributed by atoms with Crippen molar-refractivity contribution < 1.29 is 14.3 Å². The molecule has 4 nitrogen and oxygen atoms in total. The van der Waals surface area contributed by atoms with Crippen molar-refractivity contribution in [1.29, 1.82) is 0 Å². The highest BCUT2D eigenvalue weighted by Gasteiger charge is 2.63. The van der Waals surface area contributed by atoms with Gasteiger partial charge in [-0.15, -0.1) is 13.2 Å². The zero-order chi connectivity index (χ0) is 26.7. The molecule has 0 spiro atoms. The van der Waals surface area contributed by atoms with Crippen LogP contribution in [0.3, 0.4) is 0 Å². The minimum Gasteiger partial charge on any atom is -0.462 e. The second-order valence-electron chi connectivity index (χ2n) is 11.8. The number of rotatable bonds is 11. The van der Waals surface area contributed by atoms with Crippen LogP contribution < -0.4 is 0 Å². The Hall–Kier alpha value is -2.01. The Labute approximate surface area is 223 Å². The predicted molar refractivity (Wildman–Crippen MR) is 151 cm³/mol. The summed E-state index contributed by atoms with van der Waals surface area (Å²) in [5.74, 6) is 1.31. The fourth-order valence-corrected chi connectivity index (χ4v) is 8.10. The van der Waals surface area contributed by atoms with Crippen LogP contribution in [-0.4, -0.2) is 34.6 Å². The third kappa shape index (κ3) is 4.92. The summed E-state index contributed by atoms with van der Waals surface area (Å²) < 4.78 is 7.70. The molecule has 2 fully saturated rings. The normalized spacial score (nSPS) is 27.1. The lowest BCUT2D eigenvalue weighted by atomic mass is 9.63. The summed E-state index contributed by atoms with van der Waals surface area (Å²) in [6.45, 7) is 21.7. The quantitative estimate of drug-likeness (QED) is 0.172. The summed E-state index contributed by atoms with van der Waals surface area (Å²) in [5, 5.41) is 0. The summed E-state index contributed by atoms with van der Waals surface area (Å²) in [4.78, 5) is 27.1. The number of carbonyl (C=O) groups is 2. The lowest BCUT2D eigenvalue weighted by Gasteiger charge is -2.43. The number of ether oxygens (including phenoxy) is 1. The second-order valence-corrected chi connectivity index (χ2v) is 12.7. The van der Waals surface area contributed by atoms with Gasteiger partial charge in [0.15, 0.2) is 0 Å². The molecule has 2 aliphatic rings. The molecular formula is C31H45NO3S. The number of allylic oxidation sites excluding steroid dienone is 2. The molecule has 0 radical (unpaired) electrons. The summed E-state index contributed by atoms with van der Waals surface area (Å²) in [5.41, 5.74) is 0.889. The van der Waals surface area contributed by atoms with Gasteiger partial charge in [0.1, 0.15) is 0 Å². The third-order valence-corrected chi connectivity index (χ3v) is 11.1. The minimum absolute atomic E-state index is 0.0732. The first-order chi connectivity index (χ1) is 17.0. The van der Waals surface area contributed by atoms with Crippen molar-refractivity contribution in [2.45, 2.75) is 79.7 Å². The molecule has 0 N–H and O–H groups in total. The highest BCUT2D eigenvalue weighted by atomic mass is 32.2. The molecule has 198 valence electrons. The Morgan fingerprint density at radius 3 is 2.56 bits per heavy atom. The van der Waals surface area contributed by atoms with Crippen LogP contribution in [0.4, 0.5) is 0 Å². The van der Waals surface area contributed by atoms with E-state index in [1.165, 1.54) is 0 Å². The maximum atomic E-state index is 13.9. The highest BCUT2D eigenvalue weighted by molar-refractivity contribution is 7.97. The molecule has 1 aliphatic heterocycles. The SMILES string of the molecule is C=CCC(C)[C@](C)(C=C)CCOC(=O)c1ccccc1C(=O)N1SCC2(CCC)C1CC(C)C2(C)C. The monoisotopic (exact) mass is 511 g/mol. The van der Waals surface area contributed by atoms with Crippen LogP contribution in [0.2, 0.25) is 0 Å². The van der Waals surface area contributed by atoms with Gasteiger partial charge in [0.05, 0.1) is 23.8 Å². The fraction of sp³-hybridized carbons (Fsp3) is 0.613. The van der Waals surface area contributed by atoms with E-state index in [-0.39, 0.29) is 34.8 Å². The number of benzene rings is 1. The number of carbonyl (C=O) groups excluding carboxylic acids is 2. The van der Waals surface area contributed by atoms with Gasteiger partial charge in [-0.2, -0.15) is 0 Å². The summed E-state index contributed by atoms with van der Waals surface area (Å²) in [6.07, 6.45) is 8.62. The van der Waals surface area contributed by atoms with Gasteiger partial charge in [-0.05, 0) is 72.4 Å². The van der Waals surface area contributed by atoms with Crippen molar-refractivity contribution in [3.05, 3.63) is 60.7 Å². The Kier molecular flexibility index (Phi) is 8.86. The lowest BCUT2D eigenvalue weighted by molar-refractivity contribution is 0.0436. The van der Waals surface area contributed by atoms with Crippen LogP contribution in [0.1, 0.15) is 94.4 Å². The van der Waals surface area contributed by atoms with Crippen LogP contribution in [-0.2, 0) is 4.74 Å². The van der Waals surface area contributed by atoms with Gasteiger partial charge < -0.3 is 4.74 Å². The molecule has 1 amide bonds. The number of fused-ring (bicyclic) bond motifs is 1. The van der Waals surface area contributed by atoms with Crippen LogP contribution >= 0.6 is 11.9 Å². The smallest absolute Gasteiger partial charge is 0.338 e. The number of hydrogen-bond donors (Lipinski definition) is 0. The Morgan fingerprint density at radius 2 is 1.94 bits per heavy atom. The summed E-state index contributed by atoms with van der Waals surface area (Å²) in [6, 6.07) is 7.29. The van der Waals surface area contributed by atoms with E-state index in [4.69, 9.17) is 4.74 Å². The van der Waals surface area contributed by atoms with Crippen LogP contribution in [0, 0.1) is 28.1 Å². The van der Waals surface area contributed by atoms with E-state index in [1.807, 2.05) is 22.5 Å². The molecule has 1 saturated carbocycles. The molecule has 0 bridgehead atoms. The van der Waals surface area contributed by atoms with Crippen LogP contribution in [0.5, 0.6) is 0 Å². The first kappa shape index (κ1) is 28.6. The van der Waals surface area contributed by atoms with Crippen LogP contribution in [0.15, 0.2) is 49.6 Å². The maximum absolute atomic E-state index is 13.9. The molecule has 1 heterocycles. The first-order valence-electron chi connectivity index (χ1n) is 13.5. The number of amides is 1. The maximum Gasteiger partial charge on any atom is 0.338 e. The third-order valence-electron chi connectivity index (χ3n) is 9.73. The van der Waals surface area contributed by atoms with Gasteiger partial charge in [0.25, 0.3) is 5.91 Å². The lowest BCUT2D eigenvalue weighted by Crippen LogP contribution is -2.45. The predicted octanol–water partition coefficient (Wildman–Crippen LogP) is 7.96. The fourth-order valence-electron chi connectivity index (χ4n) is 6.34. The Balaban J connectivity index is 1.77. The van der Waals surface area contributed by atoms with Gasteiger partial charge in [-0.3, -0.25) is 9.10 Å². The zero-order valence-corrected chi connectivity index (χ0v) is 24.0. The van der Waals surface area contributed by atoms with Crippen molar-refractivity contribution >= 4 is 23.8 Å². The summed E-state index contributed by atoms with van der Waals surface area (Å²) in [7, 11) is 0. The van der Waals surface area contributed by atoms with Crippen molar-refractivity contribution in [2.75, 3.05) is 12.4 Å². The molecule has 0 aromatic heterocycles. The second kappa shape index (κ2) is 11.2. The standard InChI is InChI=1S/C31H45NO3S/c1-9-14-22(4)30(8,11-3)18-19-35-28(34)25-16-13-12-15-24(25)27(33)32-26-20-23(5)29(6,7)31(26,17-10-2)21-36-32/h9,11-13,15-16,22-23,26H,1,3,10,14,17-21H2,2,4-8H3/t22?,23?,26?,30-,31?/m1/s1. The van der Waals surface area contributed by atoms with Crippen molar-refractivity contribution in [3.8, 4) is 0 Å². The number of nitrogens with zero attached hydrogens (tertiary/aromatic N) is 1. The van der Waals surface area contributed by atoms with Gasteiger partial charge in [0, 0.05) is 11.2 Å². The average molecular weight is 512 g/mol. The minimum atomic E-state index is -0.439. The number of esters is 1. The van der Waals surface area contributed by atoms with E-state index in [1.54, 1.807) is 30.1 Å². The largest absolute Gasteiger partial charge is 0.462 e. The first-order valence-corrected chi connectivity index (χ1v) is 14.4. The number of hydrogen-bond acceptors (Lipinski definition) is 4. The molecule has 4 unspecified atom stereocenters. The zero-order valence-electron chi connectivity index (χ0n) is 23.1. The van der Waals surface area contributed by atoms with Crippen molar-refractivity contribution in [2.24, 2.45) is 28.1 Å². The van der Waals surface area contributed by atoms with Gasteiger partial charge in [-0.1, -0.05) is 72.2 Å². The van der Waals surface area contributed by atoms with Crippen LogP contribution in [0.25, 0.3) is 0 Å². The van der Waals surface area contributed by atoms with Gasteiger partial charge in [-0.25, -0.2) is 4.79 Å². The molecule has 1 aromatic rings. The molecule has 3 rings (SSSR count). The molecule has 1 aromatic carbocycles. The van der Waals surface area contributed by atoms with Gasteiger partial charge >= 0.3 is 5.97 Å². The Bertz CT molecular complexity index is 988. The molecule has 5 atom stereocenters. The molecule has 5 heteroatoms. The van der Waals surface area contributed by atoms with Crippen molar-refractivity contribution in [3.63, 3.8) is 0 Å². The Morgan fingerprint density at radius 1 is 1.28 bits per heavy atom. The summed E-state index contributed by atoms with van der Waals surface area (Å²) >= 11 is 1.65. The van der Waals surface area contributed by atoms with E-state index >= 15 is 0 Å². The average Bonchev–Trinajstić information content (AvgIpc) is 3.30. The molecule has 36 heavy (non-hydrogen) atoms. The molecular weight excluding hydrogens is 466 g/mol. The highest BCUT2D eigenvalue weighted by Crippen LogP contribution is 2.65. The van der Waals surface area contributed by atoms with Gasteiger partial charge in [0.2, 0.25) is 0 Å². The molecule has 1 aliphatic carbocycles.